The summed E-state index contributed by atoms with van der Waals surface area (Å²) in [7, 11) is 1.56. The van der Waals surface area contributed by atoms with Gasteiger partial charge in [0.25, 0.3) is 0 Å². The monoisotopic (exact) mass is 251 g/mol. The molecule has 0 spiro atoms. The molecule has 5 heteroatoms. The summed E-state index contributed by atoms with van der Waals surface area (Å²) in [6.45, 7) is 5.27. The van der Waals surface area contributed by atoms with Crippen LogP contribution in [0.3, 0.4) is 0 Å². The van der Waals surface area contributed by atoms with Gasteiger partial charge < -0.3 is 9.47 Å². The molecule has 0 heterocycles. The first-order valence-electron chi connectivity index (χ1n) is 5.61. The van der Waals surface area contributed by atoms with Crippen molar-refractivity contribution in [1.29, 1.82) is 0 Å². The second-order valence-corrected chi connectivity index (χ2v) is 4.12. The smallest absolute Gasteiger partial charge is 0.243 e. The van der Waals surface area contributed by atoms with Crippen LogP contribution in [0, 0.1) is 10.1 Å². The molecule has 0 saturated heterocycles. The minimum atomic E-state index is -0.423. The largest absolute Gasteiger partial charge is 0.493 e. The Morgan fingerprint density at radius 3 is 2.56 bits per heavy atom. The van der Waals surface area contributed by atoms with Crippen molar-refractivity contribution >= 4 is 6.08 Å². The predicted octanol–water partition coefficient (Wildman–Crippen LogP) is 3.12. The summed E-state index contributed by atoms with van der Waals surface area (Å²) in [5.41, 5.74) is 0.788. The summed E-state index contributed by atoms with van der Waals surface area (Å²) in [6.07, 6.45) is 1.50. The number of nitro groups is 1. The second kappa shape index (κ2) is 6.05. The maximum Gasteiger partial charge on any atom is 0.243 e. The van der Waals surface area contributed by atoms with Crippen molar-refractivity contribution in [3.8, 4) is 11.5 Å². The van der Waals surface area contributed by atoms with Crippen molar-refractivity contribution in [1.82, 2.24) is 0 Å². The minimum absolute atomic E-state index is 0.00902. The molecule has 0 atom stereocenters. The Morgan fingerprint density at radius 1 is 1.39 bits per heavy atom. The number of hydrogen-bond acceptors (Lipinski definition) is 4. The Kier molecular flexibility index (Phi) is 4.71. The van der Waals surface area contributed by atoms with Gasteiger partial charge in [-0.2, -0.15) is 0 Å². The third kappa shape index (κ3) is 3.76. The Morgan fingerprint density at radius 2 is 2.06 bits per heavy atom. The van der Waals surface area contributed by atoms with E-state index >= 15 is 0 Å². The molecule has 0 radical (unpaired) electrons. The van der Waals surface area contributed by atoms with Crippen molar-refractivity contribution in [3.05, 3.63) is 39.6 Å². The predicted molar refractivity (Wildman–Crippen MR) is 69.4 cm³/mol. The van der Waals surface area contributed by atoms with Crippen LogP contribution in [0.15, 0.2) is 23.9 Å². The number of methoxy groups -OCH3 is 1. The summed E-state index contributed by atoms with van der Waals surface area (Å²) in [6, 6.07) is 5.21. The molecule has 1 rings (SSSR count). The van der Waals surface area contributed by atoms with Crippen LogP contribution in [0.4, 0.5) is 0 Å². The van der Waals surface area contributed by atoms with Crippen LogP contribution in [-0.2, 0) is 0 Å². The molecule has 18 heavy (non-hydrogen) atoms. The Hall–Kier alpha value is -2.04. The molecule has 98 valence electrons. The van der Waals surface area contributed by atoms with Gasteiger partial charge in [0.05, 0.1) is 18.1 Å². The number of rotatable bonds is 5. The van der Waals surface area contributed by atoms with E-state index in [0.29, 0.717) is 17.1 Å². The van der Waals surface area contributed by atoms with Gasteiger partial charge in [-0.1, -0.05) is 6.07 Å². The molecule has 1 aromatic rings. The molecule has 0 unspecified atom stereocenters. The van der Waals surface area contributed by atoms with Crippen molar-refractivity contribution < 1.29 is 14.4 Å². The van der Waals surface area contributed by atoms with Gasteiger partial charge >= 0.3 is 0 Å². The third-order valence-electron chi connectivity index (χ3n) is 2.21. The second-order valence-electron chi connectivity index (χ2n) is 4.12. The lowest BCUT2D eigenvalue weighted by Crippen LogP contribution is -2.06. The van der Waals surface area contributed by atoms with Crippen molar-refractivity contribution in [3.63, 3.8) is 0 Å². The molecule has 0 aliphatic heterocycles. The highest BCUT2D eigenvalue weighted by Crippen LogP contribution is 2.29. The summed E-state index contributed by atoms with van der Waals surface area (Å²) in [4.78, 5) is 10.1. The summed E-state index contributed by atoms with van der Waals surface area (Å²) in [5, 5.41) is 10.6. The quantitative estimate of drug-likeness (QED) is 0.595. The number of ether oxygens (including phenoxy) is 2. The van der Waals surface area contributed by atoms with Gasteiger partial charge in [0, 0.05) is 13.0 Å². The SMILES string of the molecule is COc1ccc(/C=C(\C)[N+](=O)[O-])cc1OC(C)C. The maximum absolute atomic E-state index is 10.6. The zero-order valence-electron chi connectivity index (χ0n) is 11.0. The average molecular weight is 251 g/mol. The van der Waals surface area contributed by atoms with E-state index in [0.717, 1.165) is 0 Å². The van der Waals surface area contributed by atoms with Gasteiger partial charge in [-0.05, 0) is 31.5 Å². The van der Waals surface area contributed by atoms with Crippen molar-refractivity contribution in [2.75, 3.05) is 7.11 Å². The number of hydrogen-bond donors (Lipinski definition) is 0. The fourth-order valence-corrected chi connectivity index (χ4v) is 1.42. The molecule has 0 amide bonds. The van der Waals surface area contributed by atoms with E-state index in [-0.39, 0.29) is 11.8 Å². The van der Waals surface area contributed by atoms with Crippen molar-refractivity contribution in [2.24, 2.45) is 0 Å². The first-order valence-corrected chi connectivity index (χ1v) is 5.61. The zero-order chi connectivity index (χ0) is 13.7. The number of benzene rings is 1. The molecule has 1 aromatic carbocycles. The van der Waals surface area contributed by atoms with Crippen LogP contribution in [0.5, 0.6) is 11.5 Å². The molecular weight excluding hydrogens is 234 g/mol. The lowest BCUT2D eigenvalue weighted by atomic mass is 10.1. The van der Waals surface area contributed by atoms with E-state index in [2.05, 4.69) is 0 Å². The first kappa shape index (κ1) is 14.0. The van der Waals surface area contributed by atoms with E-state index in [1.165, 1.54) is 13.0 Å². The van der Waals surface area contributed by atoms with Crippen LogP contribution < -0.4 is 9.47 Å². The molecule has 0 aromatic heterocycles. The number of allylic oxidation sites excluding steroid dienone is 1. The van der Waals surface area contributed by atoms with Crippen LogP contribution in [0.1, 0.15) is 26.3 Å². The molecule has 0 bridgehead atoms. The van der Waals surface area contributed by atoms with E-state index in [1.54, 1.807) is 25.3 Å². The molecule has 0 fully saturated rings. The van der Waals surface area contributed by atoms with Gasteiger partial charge in [-0.15, -0.1) is 0 Å². The zero-order valence-corrected chi connectivity index (χ0v) is 11.0. The molecule has 5 nitrogen and oxygen atoms in total. The van der Waals surface area contributed by atoms with Gasteiger partial charge in [-0.3, -0.25) is 10.1 Å². The summed E-state index contributed by atoms with van der Waals surface area (Å²) < 4.78 is 10.8. The van der Waals surface area contributed by atoms with Gasteiger partial charge in [0.15, 0.2) is 11.5 Å². The average Bonchev–Trinajstić information content (AvgIpc) is 2.28. The summed E-state index contributed by atoms with van der Waals surface area (Å²) in [5.74, 6) is 1.19. The van der Waals surface area contributed by atoms with E-state index in [9.17, 15) is 10.1 Å². The minimum Gasteiger partial charge on any atom is -0.493 e. The third-order valence-corrected chi connectivity index (χ3v) is 2.21. The Labute approximate surface area is 106 Å². The lowest BCUT2D eigenvalue weighted by molar-refractivity contribution is -0.422. The standard InChI is InChI=1S/C13H17NO4/c1-9(2)18-13-8-11(5-6-12(13)17-4)7-10(3)14(15)16/h5-9H,1-4H3/b10-7+. The highest BCUT2D eigenvalue weighted by atomic mass is 16.6. The topological polar surface area (TPSA) is 61.6 Å². The highest BCUT2D eigenvalue weighted by molar-refractivity contribution is 5.56. The van der Waals surface area contributed by atoms with Gasteiger partial charge in [0.2, 0.25) is 5.70 Å². The molecular formula is C13H17NO4. The molecule has 0 aliphatic carbocycles. The van der Waals surface area contributed by atoms with Gasteiger partial charge in [-0.25, -0.2) is 0 Å². The van der Waals surface area contributed by atoms with Gasteiger partial charge in [0.1, 0.15) is 0 Å². The Balaban J connectivity index is 3.10. The first-order chi connectivity index (χ1) is 8.43. The Bertz CT molecular complexity index is 466. The molecule has 0 aliphatic rings. The fourth-order valence-electron chi connectivity index (χ4n) is 1.42. The molecule has 0 N–H and O–H groups in total. The van der Waals surface area contributed by atoms with E-state index < -0.39 is 4.92 Å². The van der Waals surface area contributed by atoms with Crippen molar-refractivity contribution in [2.45, 2.75) is 26.9 Å². The normalized spacial score (nSPS) is 11.5. The maximum atomic E-state index is 10.6. The molecule has 0 saturated carbocycles. The number of nitrogens with zero attached hydrogens (tertiary/aromatic N) is 1. The lowest BCUT2D eigenvalue weighted by Gasteiger charge is -2.13. The van der Waals surface area contributed by atoms with Crippen LogP contribution in [0.2, 0.25) is 0 Å². The van der Waals surface area contributed by atoms with E-state index in [4.69, 9.17) is 9.47 Å². The van der Waals surface area contributed by atoms with Crippen LogP contribution in [-0.4, -0.2) is 18.1 Å². The summed E-state index contributed by atoms with van der Waals surface area (Å²) >= 11 is 0. The fraction of sp³-hybridized carbons (Fsp3) is 0.385. The van der Waals surface area contributed by atoms with Crippen LogP contribution in [0.25, 0.3) is 6.08 Å². The van der Waals surface area contributed by atoms with Crippen LogP contribution >= 0.6 is 0 Å². The highest BCUT2D eigenvalue weighted by Gasteiger charge is 2.08. The van der Waals surface area contributed by atoms with E-state index in [1.807, 2.05) is 13.8 Å².